The molecule has 0 radical (unpaired) electrons. The van der Waals surface area contributed by atoms with Crippen LogP contribution >= 0.6 is 0 Å². The van der Waals surface area contributed by atoms with Gasteiger partial charge < -0.3 is 10.6 Å². The van der Waals surface area contributed by atoms with E-state index < -0.39 is 0 Å². The van der Waals surface area contributed by atoms with Gasteiger partial charge in [-0.1, -0.05) is 18.2 Å². The SMILES string of the molecule is Cc1cc(C(=O)N2CCC(N)CC2C)c2ccccc2n1. The van der Waals surface area contributed by atoms with Gasteiger partial charge in [-0.2, -0.15) is 0 Å². The number of fused-ring (bicyclic) bond motifs is 1. The van der Waals surface area contributed by atoms with Crippen LogP contribution in [0.25, 0.3) is 10.9 Å². The first-order valence-corrected chi connectivity index (χ1v) is 7.49. The van der Waals surface area contributed by atoms with E-state index >= 15 is 0 Å². The molecule has 4 nitrogen and oxygen atoms in total. The van der Waals surface area contributed by atoms with Gasteiger partial charge in [0.15, 0.2) is 0 Å². The van der Waals surface area contributed by atoms with Crippen molar-refractivity contribution in [3.05, 3.63) is 41.6 Å². The number of hydrogen-bond donors (Lipinski definition) is 1. The molecule has 1 aromatic heterocycles. The fraction of sp³-hybridized carbons (Fsp3) is 0.412. The molecule has 1 fully saturated rings. The molecule has 0 saturated carbocycles. The van der Waals surface area contributed by atoms with Crippen molar-refractivity contribution >= 4 is 16.8 Å². The summed E-state index contributed by atoms with van der Waals surface area (Å²) in [4.78, 5) is 19.4. The Morgan fingerprint density at radius 2 is 2.14 bits per heavy atom. The van der Waals surface area contributed by atoms with Crippen LogP contribution in [-0.2, 0) is 0 Å². The summed E-state index contributed by atoms with van der Waals surface area (Å²) in [5, 5.41) is 0.926. The van der Waals surface area contributed by atoms with Crippen LogP contribution in [0.1, 0.15) is 35.8 Å². The molecule has 0 spiro atoms. The number of nitrogens with zero attached hydrogens (tertiary/aromatic N) is 2. The molecular formula is C17H21N3O. The second-order valence-corrected chi connectivity index (χ2v) is 5.96. The molecule has 1 aliphatic rings. The fourth-order valence-corrected chi connectivity index (χ4v) is 3.15. The second-order valence-electron chi connectivity index (χ2n) is 5.96. The molecule has 21 heavy (non-hydrogen) atoms. The zero-order valence-electron chi connectivity index (χ0n) is 12.5. The van der Waals surface area contributed by atoms with Gasteiger partial charge in [-0.05, 0) is 38.8 Å². The van der Waals surface area contributed by atoms with Gasteiger partial charge in [0.05, 0.1) is 11.1 Å². The zero-order valence-corrected chi connectivity index (χ0v) is 12.5. The van der Waals surface area contributed by atoms with Gasteiger partial charge in [-0.15, -0.1) is 0 Å². The Morgan fingerprint density at radius 1 is 1.38 bits per heavy atom. The molecule has 2 atom stereocenters. The summed E-state index contributed by atoms with van der Waals surface area (Å²) >= 11 is 0. The highest BCUT2D eigenvalue weighted by molar-refractivity contribution is 6.06. The maximum Gasteiger partial charge on any atom is 0.254 e. The zero-order chi connectivity index (χ0) is 15.0. The number of aromatic nitrogens is 1. The smallest absolute Gasteiger partial charge is 0.254 e. The van der Waals surface area contributed by atoms with Crippen molar-refractivity contribution in [2.75, 3.05) is 6.54 Å². The molecule has 1 aromatic carbocycles. The molecular weight excluding hydrogens is 262 g/mol. The Labute approximate surface area is 125 Å². The van der Waals surface area contributed by atoms with Gasteiger partial charge in [0.25, 0.3) is 5.91 Å². The Kier molecular flexibility index (Phi) is 3.64. The summed E-state index contributed by atoms with van der Waals surface area (Å²) in [6.45, 7) is 4.74. The van der Waals surface area contributed by atoms with Gasteiger partial charge >= 0.3 is 0 Å². The predicted molar refractivity (Wildman–Crippen MR) is 84.2 cm³/mol. The first-order valence-electron chi connectivity index (χ1n) is 7.49. The molecule has 1 saturated heterocycles. The minimum atomic E-state index is 0.0936. The molecule has 1 amide bonds. The number of para-hydroxylation sites is 1. The third kappa shape index (κ3) is 2.63. The number of hydrogen-bond acceptors (Lipinski definition) is 3. The highest BCUT2D eigenvalue weighted by atomic mass is 16.2. The van der Waals surface area contributed by atoms with Crippen molar-refractivity contribution in [2.24, 2.45) is 5.73 Å². The lowest BCUT2D eigenvalue weighted by atomic mass is 9.97. The van der Waals surface area contributed by atoms with E-state index in [1.54, 1.807) is 0 Å². The van der Waals surface area contributed by atoms with Crippen LogP contribution in [-0.4, -0.2) is 34.4 Å². The number of benzene rings is 1. The summed E-state index contributed by atoms with van der Waals surface area (Å²) < 4.78 is 0. The van der Waals surface area contributed by atoms with Crippen LogP contribution in [0.4, 0.5) is 0 Å². The van der Waals surface area contributed by atoms with Crippen LogP contribution in [0.5, 0.6) is 0 Å². The monoisotopic (exact) mass is 283 g/mol. The molecule has 3 rings (SSSR count). The molecule has 1 aliphatic heterocycles. The van der Waals surface area contributed by atoms with Crippen molar-refractivity contribution in [1.82, 2.24) is 9.88 Å². The van der Waals surface area contributed by atoms with E-state index in [1.165, 1.54) is 0 Å². The lowest BCUT2D eigenvalue weighted by molar-refractivity contribution is 0.0621. The summed E-state index contributed by atoms with van der Waals surface area (Å²) in [5.41, 5.74) is 8.49. The van der Waals surface area contributed by atoms with Crippen LogP contribution in [0.15, 0.2) is 30.3 Å². The van der Waals surface area contributed by atoms with Crippen LogP contribution in [0.3, 0.4) is 0 Å². The molecule has 0 bridgehead atoms. The summed E-state index contributed by atoms with van der Waals surface area (Å²) in [5.74, 6) is 0.0936. The van der Waals surface area contributed by atoms with E-state index in [1.807, 2.05) is 42.2 Å². The molecule has 2 N–H and O–H groups in total. The Bertz CT molecular complexity index is 683. The van der Waals surface area contributed by atoms with E-state index in [0.29, 0.717) is 0 Å². The third-order valence-electron chi connectivity index (χ3n) is 4.25. The summed E-state index contributed by atoms with van der Waals surface area (Å²) in [6.07, 6.45) is 1.74. The Balaban J connectivity index is 2.02. The van der Waals surface area contributed by atoms with E-state index in [9.17, 15) is 4.79 Å². The van der Waals surface area contributed by atoms with Gasteiger partial charge in [-0.3, -0.25) is 9.78 Å². The van der Waals surface area contributed by atoms with Gasteiger partial charge in [0, 0.05) is 29.7 Å². The summed E-state index contributed by atoms with van der Waals surface area (Å²) in [7, 11) is 0. The Hall–Kier alpha value is -1.94. The fourth-order valence-electron chi connectivity index (χ4n) is 3.15. The van der Waals surface area contributed by atoms with E-state index in [2.05, 4.69) is 11.9 Å². The average molecular weight is 283 g/mol. The lowest BCUT2D eigenvalue weighted by Crippen LogP contribution is -2.48. The number of nitrogens with two attached hydrogens (primary N) is 1. The number of aryl methyl sites for hydroxylation is 1. The van der Waals surface area contributed by atoms with E-state index in [-0.39, 0.29) is 18.0 Å². The quantitative estimate of drug-likeness (QED) is 0.874. The lowest BCUT2D eigenvalue weighted by Gasteiger charge is -2.36. The van der Waals surface area contributed by atoms with Crippen molar-refractivity contribution in [3.8, 4) is 0 Å². The standard InChI is InChI=1S/C17H21N3O/c1-11-9-15(14-5-3-4-6-16(14)19-11)17(21)20-8-7-13(18)10-12(20)2/h3-6,9,12-13H,7-8,10,18H2,1-2H3. The molecule has 2 unspecified atom stereocenters. The first kappa shape index (κ1) is 14.0. The van der Waals surface area contributed by atoms with Gasteiger partial charge in [0.2, 0.25) is 0 Å². The molecule has 110 valence electrons. The minimum absolute atomic E-state index is 0.0936. The number of rotatable bonds is 1. The number of likely N-dealkylation sites (tertiary alicyclic amines) is 1. The van der Waals surface area contributed by atoms with Crippen LogP contribution in [0.2, 0.25) is 0 Å². The molecule has 0 aliphatic carbocycles. The van der Waals surface area contributed by atoms with Crippen LogP contribution in [0, 0.1) is 6.92 Å². The molecule has 2 heterocycles. The van der Waals surface area contributed by atoms with E-state index in [4.69, 9.17) is 5.73 Å². The van der Waals surface area contributed by atoms with Crippen LogP contribution < -0.4 is 5.73 Å². The highest BCUT2D eigenvalue weighted by Crippen LogP contribution is 2.23. The topological polar surface area (TPSA) is 59.2 Å². The van der Waals surface area contributed by atoms with Crippen molar-refractivity contribution in [1.29, 1.82) is 0 Å². The predicted octanol–water partition coefficient (Wildman–Crippen LogP) is 2.50. The summed E-state index contributed by atoms with van der Waals surface area (Å²) in [6, 6.07) is 10.1. The Morgan fingerprint density at radius 3 is 2.90 bits per heavy atom. The van der Waals surface area contributed by atoms with Gasteiger partial charge in [-0.25, -0.2) is 0 Å². The number of carbonyl (C=O) groups excluding carboxylic acids is 1. The van der Waals surface area contributed by atoms with Crippen molar-refractivity contribution < 1.29 is 4.79 Å². The largest absolute Gasteiger partial charge is 0.336 e. The normalized spacial score (nSPS) is 22.5. The highest BCUT2D eigenvalue weighted by Gasteiger charge is 2.28. The van der Waals surface area contributed by atoms with E-state index in [0.717, 1.165) is 41.5 Å². The molecule has 4 heteroatoms. The number of carbonyl (C=O) groups is 1. The third-order valence-corrected chi connectivity index (χ3v) is 4.25. The van der Waals surface area contributed by atoms with Crippen molar-refractivity contribution in [2.45, 2.75) is 38.8 Å². The average Bonchev–Trinajstić information content (AvgIpc) is 2.45. The molecule has 2 aromatic rings. The number of amides is 1. The first-order chi connectivity index (χ1) is 10.1. The van der Waals surface area contributed by atoms with Crippen molar-refractivity contribution in [3.63, 3.8) is 0 Å². The van der Waals surface area contributed by atoms with Gasteiger partial charge in [0.1, 0.15) is 0 Å². The maximum atomic E-state index is 12.9. The minimum Gasteiger partial charge on any atom is -0.336 e. The number of piperidine rings is 1. The second kappa shape index (κ2) is 5.45. The maximum absolute atomic E-state index is 12.9. The number of pyridine rings is 1.